The molecule has 0 saturated heterocycles. The van der Waals surface area contributed by atoms with E-state index in [-0.39, 0.29) is 11.3 Å². The summed E-state index contributed by atoms with van der Waals surface area (Å²) in [4.78, 5) is 12.7. The monoisotopic (exact) mass is 576 g/mol. The van der Waals surface area contributed by atoms with Crippen molar-refractivity contribution in [3.8, 4) is 17.6 Å². The van der Waals surface area contributed by atoms with Crippen molar-refractivity contribution >= 4 is 60.3 Å². The summed E-state index contributed by atoms with van der Waals surface area (Å²) in [5, 5.41) is 23.9. The number of phenolic OH excluding ortho intramolecular Hbond substituents is 1. The maximum Gasteiger partial charge on any atom is 0.266 e. The van der Waals surface area contributed by atoms with Crippen molar-refractivity contribution in [1.82, 2.24) is 0 Å². The van der Waals surface area contributed by atoms with Crippen LogP contribution in [0.4, 0.5) is 5.69 Å². The summed E-state index contributed by atoms with van der Waals surface area (Å²) >= 11 is 7.00. The van der Waals surface area contributed by atoms with Gasteiger partial charge in [-0.15, -0.1) is 0 Å². The van der Waals surface area contributed by atoms with Crippen molar-refractivity contribution in [1.29, 1.82) is 5.26 Å². The van der Waals surface area contributed by atoms with E-state index in [1.807, 2.05) is 42.5 Å². The minimum absolute atomic E-state index is 0.0843. The van der Waals surface area contributed by atoms with Gasteiger partial charge in [0.15, 0.2) is 0 Å². The van der Waals surface area contributed by atoms with E-state index in [1.165, 1.54) is 18.2 Å². The smallest absolute Gasteiger partial charge is 0.266 e. The average molecular weight is 578 g/mol. The topological polar surface area (TPSA) is 82.3 Å². The van der Waals surface area contributed by atoms with Gasteiger partial charge < -0.3 is 15.2 Å². The molecule has 4 aromatic rings. The fraction of sp³-hybridized carbons (Fsp3) is 0.0370. The Morgan fingerprint density at radius 3 is 2.53 bits per heavy atom. The molecule has 2 N–H and O–H groups in total. The van der Waals surface area contributed by atoms with Gasteiger partial charge >= 0.3 is 0 Å². The van der Waals surface area contributed by atoms with Crippen LogP contribution in [0.1, 0.15) is 11.1 Å². The molecule has 0 spiro atoms. The maximum absolute atomic E-state index is 12.7. The molecule has 0 aromatic heterocycles. The van der Waals surface area contributed by atoms with Crippen molar-refractivity contribution in [3.63, 3.8) is 0 Å². The van der Waals surface area contributed by atoms with E-state index in [4.69, 9.17) is 4.74 Å². The summed E-state index contributed by atoms with van der Waals surface area (Å²) in [6.45, 7) is 0.310. The Bertz CT molecular complexity index is 1440. The molecular formula is C27H18Br2N2O3. The van der Waals surface area contributed by atoms with Gasteiger partial charge in [0.05, 0.1) is 4.47 Å². The zero-order chi connectivity index (χ0) is 24.1. The predicted molar refractivity (Wildman–Crippen MR) is 140 cm³/mol. The van der Waals surface area contributed by atoms with Crippen LogP contribution >= 0.6 is 31.9 Å². The molecule has 0 aliphatic rings. The Labute approximate surface area is 213 Å². The first-order valence-electron chi connectivity index (χ1n) is 10.3. The van der Waals surface area contributed by atoms with Gasteiger partial charge in [0.1, 0.15) is 29.7 Å². The fourth-order valence-electron chi connectivity index (χ4n) is 3.46. The number of anilines is 1. The number of hydrogen-bond acceptors (Lipinski definition) is 4. The van der Waals surface area contributed by atoms with E-state index in [1.54, 1.807) is 18.2 Å². The van der Waals surface area contributed by atoms with E-state index < -0.39 is 5.91 Å². The third-order valence-corrected chi connectivity index (χ3v) is 6.13. The zero-order valence-electron chi connectivity index (χ0n) is 17.8. The predicted octanol–water partition coefficient (Wildman–Crippen LogP) is 7.20. The molecule has 0 bridgehead atoms. The van der Waals surface area contributed by atoms with Gasteiger partial charge in [0, 0.05) is 15.7 Å². The van der Waals surface area contributed by atoms with Crippen molar-refractivity contribution < 1.29 is 14.6 Å². The Balaban J connectivity index is 1.63. The highest BCUT2D eigenvalue weighted by Crippen LogP contribution is 2.35. The molecule has 168 valence electrons. The maximum atomic E-state index is 12.7. The van der Waals surface area contributed by atoms with Crippen LogP contribution in [0.15, 0.2) is 93.4 Å². The number of carbonyl (C=O) groups is 1. The Kier molecular flexibility index (Phi) is 7.31. The average Bonchev–Trinajstić information content (AvgIpc) is 2.83. The molecule has 0 fully saturated rings. The van der Waals surface area contributed by atoms with Gasteiger partial charge in [-0.05, 0) is 74.7 Å². The largest absolute Gasteiger partial charge is 0.508 e. The van der Waals surface area contributed by atoms with Crippen molar-refractivity contribution in [2.75, 3.05) is 5.32 Å². The number of halogens is 2. The lowest BCUT2D eigenvalue weighted by Crippen LogP contribution is -2.13. The molecule has 0 heterocycles. The number of phenols is 1. The molecule has 0 radical (unpaired) electrons. The molecule has 0 atom stereocenters. The first-order valence-corrected chi connectivity index (χ1v) is 11.8. The van der Waals surface area contributed by atoms with Crippen LogP contribution in [-0.4, -0.2) is 11.0 Å². The minimum Gasteiger partial charge on any atom is -0.508 e. The minimum atomic E-state index is -0.565. The van der Waals surface area contributed by atoms with Crippen LogP contribution in [0.3, 0.4) is 0 Å². The van der Waals surface area contributed by atoms with Crippen LogP contribution in [0.25, 0.3) is 16.8 Å². The van der Waals surface area contributed by atoms with Crippen LogP contribution in [0.5, 0.6) is 11.5 Å². The number of nitriles is 1. The van der Waals surface area contributed by atoms with Gasteiger partial charge in [-0.2, -0.15) is 5.26 Å². The second kappa shape index (κ2) is 10.6. The van der Waals surface area contributed by atoms with Crippen molar-refractivity contribution in [2.45, 2.75) is 6.61 Å². The van der Waals surface area contributed by atoms with Gasteiger partial charge in [-0.1, -0.05) is 58.4 Å². The summed E-state index contributed by atoms with van der Waals surface area (Å²) < 4.78 is 7.64. The molecule has 7 heteroatoms. The number of aromatic hydroxyl groups is 1. The molecule has 1 amide bonds. The second-order valence-corrected chi connectivity index (χ2v) is 9.17. The number of amides is 1. The summed E-state index contributed by atoms with van der Waals surface area (Å²) in [6, 6.07) is 25.7. The summed E-state index contributed by atoms with van der Waals surface area (Å²) in [7, 11) is 0. The first kappa shape index (κ1) is 23.6. The lowest BCUT2D eigenvalue weighted by molar-refractivity contribution is -0.112. The second-order valence-electron chi connectivity index (χ2n) is 7.40. The molecule has 0 aliphatic carbocycles. The number of nitrogens with zero attached hydrogens (tertiary/aromatic N) is 1. The van der Waals surface area contributed by atoms with Gasteiger partial charge in [0.2, 0.25) is 0 Å². The van der Waals surface area contributed by atoms with Crippen molar-refractivity contribution in [3.05, 3.63) is 105 Å². The summed E-state index contributed by atoms with van der Waals surface area (Å²) in [6.07, 6.45) is 1.49. The van der Waals surface area contributed by atoms with E-state index in [9.17, 15) is 15.2 Å². The highest BCUT2D eigenvalue weighted by Gasteiger charge is 2.15. The highest BCUT2D eigenvalue weighted by molar-refractivity contribution is 9.11. The van der Waals surface area contributed by atoms with Gasteiger partial charge in [0.25, 0.3) is 5.91 Å². The van der Waals surface area contributed by atoms with Gasteiger partial charge in [-0.25, -0.2) is 0 Å². The van der Waals surface area contributed by atoms with Crippen LogP contribution < -0.4 is 10.1 Å². The quantitative estimate of drug-likeness (QED) is 0.144. The third-order valence-electron chi connectivity index (χ3n) is 5.08. The van der Waals surface area contributed by atoms with Gasteiger partial charge in [-0.3, -0.25) is 4.79 Å². The molecule has 4 aromatic carbocycles. The molecular weight excluding hydrogens is 560 g/mol. The van der Waals surface area contributed by atoms with Crippen LogP contribution in [0.2, 0.25) is 0 Å². The number of nitrogens with one attached hydrogen (secondary N) is 1. The molecule has 0 unspecified atom stereocenters. The number of carbonyl (C=O) groups excluding carboxylic acids is 1. The van der Waals surface area contributed by atoms with Crippen molar-refractivity contribution in [2.24, 2.45) is 0 Å². The molecule has 0 saturated carbocycles. The Morgan fingerprint density at radius 2 is 1.76 bits per heavy atom. The molecule has 4 rings (SSSR count). The molecule has 5 nitrogen and oxygen atoms in total. The lowest BCUT2D eigenvalue weighted by atomic mass is 10.1. The normalized spacial score (nSPS) is 11.1. The number of hydrogen-bond donors (Lipinski definition) is 2. The van der Waals surface area contributed by atoms with E-state index >= 15 is 0 Å². The van der Waals surface area contributed by atoms with E-state index in [0.29, 0.717) is 28.1 Å². The van der Waals surface area contributed by atoms with E-state index in [0.717, 1.165) is 20.8 Å². The van der Waals surface area contributed by atoms with Crippen LogP contribution in [-0.2, 0) is 11.4 Å². The standard InChI is InChI=1S/C27H18Br2N2O3/c28-21-13-19(12-20(15-30)27(33)31-22-8-10-23(32)11-9-22)26(25(29)14-21)34-16-18-6-3-5-17-4-1-2-7-24(17)18/h1-14,32H,16H2,(H,31,33)/b20-12+. The summed E-state index contributed by atoms with van der Waals surface area (Å²) in [5.74, 6) is 0.0339. The Morgan fingerprint density at radius 1 is 1.03 bits per heavy atom. The number of benzene rings is 4. The number of rotatable bonds is 6. The fourth-order valence-corrected chi connectivity index (χ4v) is 4.83. The number of ether oxygens (including phenoxy) is 1. The molecule has 34 heavy (non-hydrogen) atoms. The number of fused-ring (bicyclic) bond motifs is 1. The van der Waals surface area contributed by atoms with E-state index in [2.05, 4.69) is 49.3 Å². The zero-order valence-corrected chi connectivity index (χ0v) is 20.9. The van der Waals surface area contributed by atoms with Crippen LogP contribution in [0, 0.1) is 11.3 Å². The molecule has 0 aliphatic heterocycles. The Hall–Kier alpha value is -3.60. The SMILES string of the molecule is N#C/C(=C\c1cc(Br)cc(Br)c1OCc1cccc2ccccc12)C(=O)Nc1ccc(O)cc1. The highest BCUT2D eigenvalue weighted by atomic mass is 79.9. The third kappa shape index (κ3) is 5.48. The first-order chi connectivity index (χ1) is 16.4. The lowest BCUT2D eigenvalue weighted by Gasteiger charge is -2.14. The summed E-state index contributed by atoms with van der Waals surface area (Å²) in [5.41, 5.74) is 1.97.